The van der Waals surface area contributed by atoms with Crippen LogP contribution >= 0.6 is 24.0 Å². The highest BCUT2D eigenvalue weighted by atomic mass is 35.5. The number of likely N-dealkylation sites (tertiary alicyclic amines) is 1. The fourth-order valence-corrected chi connectivity index (χ4v) is 3.61. The van der Waals surface area contributed by atoms with Crippen molar-refractivity contribution in [1.82, 2.24) is 4.90 Å². The number of carbonyl (C=O) groups excluding carboxylic acids is 1. The first kappa shape index (κ1) is 20.8. The summed E-state index contributed by atoms with van der Waals surface area (Å²) in [7, 11) is 2.22. The zero-order chi connectivity index (χ0) is 17.6. The summed E-state index contributed by atoms with van der Waals surface area (Å²) in [6.45, 7) is 1.19. The summed E-state index contributed by atoms with van der Waals surface area (Å²) < 4.78 is 0. The summed E-state index contributed by atoms with van der Waals surface area (Å²) in [5, 5.41) is 3.68. The summed E-state index contributed by atoms with van der Waals surface area (Å²) in [5.74, 6) is -0.0982. The molecule has 3 rings (SSSR count). The SMILES string of the molecule is CN1CCCCC1CCc1ccccc1NC(=O)c1ccc(Cl)cc1.Cl. The van der Waals surface area contributed by atoms with E-state index in [-0.39, 0.29) is 18.3 Å². The Morgan fingerprint density at radius 1 is 1.15 bits per heavy atom. The van der Waals surface area contributed by atoms with Crippen LogP contribution < -0.4 is 5.32 Å². The van der Waals surface area contributed by atoms with Crippen LogP contribution in [0.15, 0.2) is 48.5 Å². The molecule has 0 spiro atoms. The molecule has 1 unspecified atom stereocenters. The third kappa shape index (κ3) is 5.47. The van der Waals surface area contributed by atoms with Crippen molar-refractivity contribution >= 4 is 35.6 Å². The Morgan fingerprint density at radius 3 is 2.62 bits per heavy atom. The standard InChI is InChI=1S/C21H25ClN2O.ClH/c1-24-15-5-4-7-19(24)14-11-16-6-2-3-8-20(16)23-21(25)17-9-12-18(22)13-10-17;/h2-3,6,8-10,12-13,19H,4-5,7,11,14-15H2,1H3,(H,23,25);1H. The van der Waals surface area contributed by atoms with Crippen LogP contribution in [-0.4, -0.2) is 30.4 Å². The van der Waals surface area contributed by atoms with E-state index in [4.69, 9.17) is 11.6 Å². The smallest absolute Gasteiger partial charge is 0.255 e. The molecule has 1 saturated heterocycles. The Kier molecular flexibility index (Phi) is 7.95. The Bertz CT molecular complexity index is 718. The first-order valence-corrected chi connectivity index (χ1v) is 9.36. The second-order valence-electron chi connectivity index (χ2n) is 6.79. The first-order chi connectivity index (χ1) is 12.1. The largest absolute Gasteiger partial charge is 0.322 e. The van der Waals surface area contributed by atoms with E-state index in [1.54, 1.807) is 24.3 Å². The summed E-state index contributed by atoms with van der Waals surface area (Å²) in [4.78, 5) is 14.9. The first-order valence-electron chi connectivity index (χ1n) is 8.98. The Hall–Kier alpha value is -1.55. The zero-order valence-corrected chi connectivity index (χ0v) is 16.7. The van der Waals surface area contributed by atoms with Crippen LogP contribution in [0.5, 0.6) is 0 Å². The summed E-state index contributed by atoms with van der Waals surface area (Å²) in [5.41, 5.74) is 2.72. The van der Waals surface area contributed by atoms with Gasteiger partial charge in [0.1, 0.15) is 0 Å². The number of hydrogen-bond acceptors (Lipinski definition) is 2. The number of rotatable bonds is 5. The number of carbonyl (C=O) groups is 1. The average Bonchev–Trinajstić information content (AvgIpc) is 2.62. The number of amides is 1. The molecule has 0 radical (unpaired) electrons. The molecule has 1 aliphatic rings. The molecule has 1 N–H and O–H groups in total. The molecule has 0 bridgehead atoms. The Morgan fingerprint density at radius 2 is 1.88 bits per heavy atom. The van der Waals surface area contributed by atoms with E-state index in [1.165, 1.54) is 31.4 Å². The molecule has 0 aliphatic carbocycles. The molecule has 140 valence electrons. The highest BCUT2D eigenvalue weighted by Gasteiger charge is 2.19. The molecule has 1 atom stereocenters. The van der Waals surface area contributed by atoms with Crippen molar-refractivity contribution in [3.8, 4) is 0 Å². The maximum absolute atomic E-state index is 12.5. The number of nitrogens with one attached hydrogen (secondary N) is 1. The molecule has 1 heterocycles. The third-order valence-corrected chi connectivity index (χ3v) is 5.29. The van der Waals surface area contributed by atoms with Crippen molar-refractivity contribution in [2.75, 3.05) is 18.9 Å². The molecule has 2 aromatic carbocycles. The molecule has 1 amide bonds. The topological polar surface area (TPSA) is 32.3 Å². The van der Waals surface area contributed by atoms with Gasteiger partial charge < -0.3 is 10.2 Å². The lowest BCUT2D eigenvalue weighted by atomic mass is 9.96. The molecule has 0 saturated carbocycles. The highest BCUT2D eigenvalue weighted by Crippen LogP contribution is 2.23. The molecule has 2 aromatic rings. The summed E-state index contributed by atoms with van der Waals surface area (Å²) in [6.07, 6.45) is 6.01. The van der Waals surface area contributed by atoms with Crippen LogP contribution in [-0.2, 0) is 6.42 Å². The van der Waals surface area contributed by atoms with Gasteiger partial charge >= 0.3 is 0 Å². The van der Waals surface area contributed by atoms with E-state index in [0.717, 1.165) is 18.5 Å². The zero-order valence-electron chi connectivity index (χ0n) is 15.1. The van der Waals surface area contributed by atoms with Crippen molar-refractivity contribution in [1.29, 1.82) is 0 Å². The molecule has 1 fully saturated rings. The predicted octanol–water partition coefficient (Wildman–Crippen LogP) is 5.43. The van der Waals surface area contributed by atoms with Crippen LogP contribution in [0.4, 0.5) is 5.69 Å². The minimum absolute atomic E-state index is 0. The maximum Gasteiger partial charge on any atom is 0.255 e. The van der Waals surface area contributed by atoms with Crippen molar-refractivity contribution < 1.29 is 4.79 Å². The number of halogens is 2. The quantitative estimate of drug-likeness (QED) is 0.735. The van der Waals surface area contributed by atoms with E-state index in [0.29, 0.717) is 16.6 Å². The fraction of sp³-hybridized carbons (Fsp3) is 0.381. The molecule has 5 heteroatoms. The lowest BCUT2D eigenvalue weighted by molar-refractivity contribution is 0.102. The van der Waals surface area contributed by atoms with Gasteiger partial charge in [0.15, 0.2) is 0 Å². The van der Waals surface area contributed by atoms with E-state index in [9.17, 15) is 4.79 Å². The lowest BCUT2D eigenvalue weighted by Crippen LogP contribution is -2.36. The van der Waals surface area contributed by atoms with Crippen LogP contribution in [0.2, 0.25) is 5.02 Å². The molecule has 1 aliphatic heterocycles. The van der Waals surface area contributed by atoms with E-state index >= 15 is 0 Å². The van der Waals surface area contributed by atoms with Gasteiger partial charge in [0.25, 0.3) is 5.91 Å². The normalized spacial score (nSPS) is 17.4. The number of para-hydroxylation sites is 1. The number of aryl methyl sites for hydroxylation is 1. The van der Waals surface area contributed by atoms with E-state index in [2.05, 4.69) is 23.3 Å². The van der Waals surface area contributed by atoms with Crippen molar-refractivity contribution in [2.45, 2.75) is 38.1 Å². The van der Waals surface area contributed by atoms with Gasteiger partial charge in [0.05, 0.1) is 0 Å². The Labute approximate surface area is 167 Å². The number of anilines is 1. The van der Waals surface area contributed by atoms with Gasteiger partial charge in [-0.2, -0.15) is 0 Å². The second-order valence-corrected chi connectivity index (χ2v) is 7.22. The molecule has 0 aromatic heterocycles. The maximum atomic E-state index is 12.5. The molecule has 3 nitrogen and oxygen atoms in total. The predicted molar refractivity (Wildman–Crippen MR) is 112 cm³/mol. The number of benzene rings is 2. The minimum atomic E-state index is -0.0982. The second kappa shape index (κ2) is 9.96. The molecular formula is C21H26Cl2N2O. The van der Waals surface area contributed by atoms with Crippen molar-refractivity contribution in [3.63, 3.8) is 0 Å². The van der Waals surface area contributed by atoms with Crippen LogP contribution in [0.1, 0.15) is 41.6 Å². The van der Waals surface area contributed by atoms with Gasteiger partial charge in [-0.05, 0) is 75.2 Å². The lowest BCUT2D eigenvalue weighted by Gasteiger charge is -2.32. The van der Waals surface area contributed by atoms with Crippen molar-refractivity contribution in [2.24, 2.45) is 0 Å². The number of piperidine rings is 1. The van der Waals surface area contributed by atoms with Crippen LogP contribution in [0.25, 0.3) is 0 Å². The highest BCUT2D eigenvalue weighted by molar-refractivity contribution is 6.30. The summed E-state index contributed by atoms with van der Waals surface area (Å²) >= 11 is 5.89. The fourth-order valence-electron chi connectivity index (χ4n) is 3.49. The van der Waals surface area contributed by atoms with Gasteiger partial charge in [0, 0.05) is 22.3 Å². The molecule has 26 heavy (non-hydrogen) atoms. The van der Waals surface area contributed by atoms with E-state index in [1.807, 2.05) is 18.2 Å². The number of nitrogens with zero attached hydrogens (tertiary/aromatic N) is 1. The third-order valence-electron chi connectivity index (χ3n) is 5.04. The average molecular weight is 393 g/mol. The summed E-state index contributed by atoms with van der Waals surface area (Å²) in [6, 6.07) is 15.7. The van der Waals surface area contributed by atoms with E-state index < -0.39 is 0 Å². The Balaban J connectivity index is 0.00000243. The molecular weight excluding hydrogens is 367 g/mol. The number of hydrogen-bond donors (Lipinski definition) is 1. The van der Waals surface area contributed by atoms with Gasteiger partial charge in [-0.25, -0.2) is 0 Å². The van der Waals surface area contributed by atoms with Gasteiger partial charge in [-0.15, -0.1) is 12.4 Å². The minimum Gasteiger partial charge on any atom is -0.322 e. The van der Waals surface area contributed by atoms with Crippen molar-refractivity contribution in [3.05, 3.63) is 64.7 Å². The monoisotopic (exact) mass is 392 g/mol. The van der Waals surface area contributed by atoms with Gasteiger partial charge in [-0.3, -0.25) is 4.79 Å². The van der Waals surface area contributed by atoms with Crippen LogP contribution in [0.3, 0.4) is 0 Å². The van der Waals surface area contributed by atoms with Crippen LogP contribution in [0, 0.1) is 0 Å². The van der Waals surface area contributed by atoms with Gasteiger partial charge in [-0.1, -0.05) is 36.2 Å². The van der Waals surface area contributed by atoms with Gasteiger partial charge in [0.2, 0.25) is 0 Å².